The lowest BCUT2D eigenvalue weighted by molar-refractivity contribution is 0.593. The maximum atomic E-state index is 13.2. The van der Waals surface area contributed by atoms with Crippen molar-refractivity contribution in [1.82, 2.24) is 14.8 Å². The first-order chi connectivity index (χ1) is 7.27. The Morgan fingerprint density at radius 3 is 2.80 bits per heavy atom. The van der Waals surface area contributed by atoms with E-state index in [4.69, 9.17) is 11.6 Å². The Morgan fingerprint density at radius 2 is 2.13 bits per heavy atom. The van der Waals surface area contributed by atoms with Crippen LogP contribution in [0.3, 0.4) is 0 Å². The predicted octanol–water partition coefficient (Wildman–Crippen LogP) is 2.31. The van der Waals surface area contributed by atoms with Gasteiger partial charge in [-0.15, -0.1) is 10.2 Å². The number of hydrogen-bond donors (Lipinski definition) is 0. The molecule has 0 aliphatic heterocycles. The van der Waals surface area contributed by atoms with E-state index in [9.17, 15) is 4.39 Å². The van der Waals surface area contributed by atoms with Crippen molar-refractivity contribution in [3.63, 3.8) is 0 Å². The van der Waals surface area contributed by atoms with E-state index in [0.717, 1.165) is 0 Å². The highest BCUT2D eigenvalue weighted by molar-refractivity contribution is 6.28. The highest BCUT2D eigenvalue weighted by atomic mass is 35.5. The van der Waals surface area contributed by atoms with Gasteiger partial charge in [-0.25, -0.2) is 4.39 Å². The molecule has 5 heteroatoms. The summed E-state index contributed by atoms with van der Waals surface area (Å²) in [5.74, 6) is -0.193. The lowest BCUT2D eigenvalue weighted by Gasteiger charge is -2.03. The highest BCUT2D eigenvalue weighted by Crippen LogP contribution is 2.10. The lowest BCUT2D eigenvalue weighted by Crippen LogP contribution is -2.01. The Bertz CT molecular complexity index is 455. The quantitative estimate of drug-likeness (QED) is 0.803. The summed E-state index contributed by atoms with van der Waals surface area (Å²) < 4.78 is 14.9. The van der Waals surface area contributed by atoms with Gasteiger partial charge in [0.05, 0.1) is 0 Å². The van der Waals surface area contributed by atoms with Gasteiger partial charge in [-0.05, 0) is 29.7 Å². The van der Waals surface area contributed by atoms with Crippen LogP contribution in [0.5, 0.6) is 0 Å². The summed E-state index contributed by atoms with van der Waals surface area (Å²) in [6, 6.07) is 6.69. The van der Waals surface area contributed by atoms with Crippen LogP contribution in [0.1, 0.15) is 5.56 Å². The Hall–Kier alpha value is -1.42. The standard InChI is InChI=1S/C10H9ClFN3/c11-10-14-13-7-15(10)6-5-8-3-1-2-4-9(8)12/h1-4,7H,5-6H2. The minimum atomic E-state index is -0.193. The average Bonchev–Trinajstić information content (AvgIpc) is 2.63. The van der Waals surface area contributed by atoms with Gasteiger partial charge in [-0.1, -0.05) is 18.2 Å². The van der Waals surface area contributed by atoms with Crippen LogP contribution in [0.2, 0.25) is 5.28 Å². The van der Waals surface area contributed by atoms with Gasteiger partial charge in [0.25, 0.3) is 0 Å². The Balaban J connectivity index is 2.06. The van der Waals surface area contributed by atoms with Crippen LogP contribution >= 0.6 is 11.6 Å². The zero-order valence-corrected chi connectivity index (χ0v) is 8.65. The molecule has 1 aromatic heterocycles. The van der Waals surface area contributed by atoms with Gasteiger partial charge in [0.2, 0.25) is 5.28 Å². The van der Waals surface area contributed by atoms with Crippen molar-refractivity contribution in [2.75, 3.05) is 0 Å². The van der Waals surface area contributed by atoms with Crippen molar-refractivity contribution in [2.24, 2.45) is 0 Å². The smallest absolute Gasteiger partial charge is 0.224 e. The molecule has 0 amide bonds. The van der Waals surface area contributed by atoms with E-state index in [1.54, 1.807) is 16.7 Å². The number of halogens is 2. The molecule has 2 aromatic rings. The van der Waals surface area contributed by atoms with E-state index >= 15 is 0 Å². The number of nitrogens with zero attached hydrogens (tertiary/aromatic N) is 3. The van der Waals surface area contributed by atoms with Crippen molar-refractivity contribution < 1.29 is 4.39 Å². The molecule has 0 aliphatic rings. The molecular formula is C10H9ClFN3. The van der Waals surface area contributed by atoms with Crippen LogP contribution in [0.4, 0.5) is 4.39 Å². The number of aromatic nitrogens is 3. The Kier molecular flexibility index (Phi) is 2.97. The average molecular weight is 226 g/mol. The van der Waals surface area contributed by atoms with Gasteiger partial charge >= 0.3 is 0 Å². The van der Waals surface area contributed by atoms with E-state index in [1.807, 2.05) is 6.07 Å². The first-order valence-electron chi connectivity index (χ1n) is 4.54. The van der Waals surface area contributed by atoms with E-state index in [2.05, 4.69) is 10.2 Å². The van der Waals surface area contributed by atoms with Crippen LogP contribution < -0.4 is 0 Å². The van der Waals surface area contributed by atoms with Crippen molar-refractivity contribution >= 4 is 11.6 Å². The van der Waals surface area contributed by atoms with Crippen LogP contribution in [-0.4, -0.2) is 14.8 Å². The van der Waals surface area contributed by atoms with E-state index in [1.165, 1.54) is 12.4 Å². The molecule has 3 nitrogen and oxygen atoms in total. The summed E-state index contributed by atoms with van der Waals surface area (Å²) in [5, 5.41) is 7.60. The normalized spacial score (nSPS) is 10.5. The van der Waals surface area contributed by atoms with Crippen molar-refractivity contribution in [2.45, 2.75) is 13.0 Å². The maximum absolute atomic E-state index is 13.2. The fraction of sp³-hybridized carbons (Fsp3) is 0.200. The molecule has 0 atom stereocenters. The summed E-state index contributed by atoms with van der Waals surface area (Å²) in [4.78, 5) is 0. The summed E-state index contributed by atoms with van der Waals surface area (Å²) >= 11 is 5.74. The third kappa shape index (κ3) is 2.33. The summed E-state index contributed by atoms with van der Waals surface area (Å²) in [5.41, 5.74) is 0.669. The highest BCUT2D eigenvalue weighted by Gasteiger charge is 2.03. The Labute approximate surface area is 91.5 Å². The molecule has 0 bridgehead atoms. The number of aryl methyl sites for hydroxylation is 2. The minimum absolute atomic E-state index is 0.193. The molecule has 0 spiro atoms. The largest absolute Gasteiger partial charge is 0.304 e. The molecular weight excluding hydrogens is 217 g/mol. The topological polar surface area (TPSA) is 30.7 Å². The van der Waals surface area contributed by atoms with Gasteiger partial charge in [-0.3, -0.25) is 0 Å². The third-order valence-electron chi connectivity index (χ3n) is 2.15. The molecule has 1 aromatic carbocycles. The van der Waals surface area contributed by atoms with Gasteiger partial charge in [-0.2, -0.15) is 0 Å². The summed E-state index contributed by atoms with van der Waals surface area (Å²) in [7, 11) is 0. The van der Waals surface area contributed by atoms with Gasteiger partial charge in [0.15, 0.2) is 0 Å². The maximum Gasteiger partial charge on any atom is 0.224 e. The van der Waals surface area contributed by atoms with E-state index < -0.39 is 0 Å². The van der Waals surface area contributed by atoms with Gasteiger partial charge in [0, 0.05) is 6.54 Å². The van der Waals surface area contributed by atoms with Crippen LogP contribution in [-0.2, 0) is 13.0 Å². The molecule has 0 radical (unpaired) electrons. The van der Waals surface area contributed by atoms with E-state index in [-0.39, 0.29) is 5.82 Å². The molecule has 0 unspecified atom stereocenters. The van der Waals surface area contributed by atoms with E-state index in [0.29, 0.717) is 23.8 Å². The zero-order valence-electron chi connectivity index (χ0n) is 7.90. The van der Waals surface area contributed by atoms with Crippen molar-refractivity contribution in [1.29, 1.82) is 0 Å². The molecule has 15 heavy (non-hydrogen) atoms. The second kappa shape index (κ2) is 4.40. The predicted molar refractivity (Wildman–Crippen MR) is 55.1 cm³/mol. The molecule has 78 valence electrons. The first-order valence-corrected chi connectivity index (χ1v) is 4.92. The number of rotatable bonds is 3. The fourth-order valence-electron chi connectivity index (χ4n) is 1.33. The van der Waals surface area contributed by atoms with Crippen molar-refractivity contribution in [3.05, 3.63) is 47.3 Å². The summed E-state index contributed by atoms with van der Waals surface area (Å²) in [6.07, 6.45) is 2.10. The van der Waals surface area contributed by atoms with Crippen molar-refractivity contribution in [3.8, 4) is 0 Å². The third-order valence-corrected chi connectivity index (χ3v) is 2.44. The first kappa shape index (κ1) is 10.1. The monoisotopic (exact) mass is 225 g/mol. The minimum Gasteiger partial charge on any atom is -0.304 e. The molecule has 0 aliphatic carbocycles. The number of hydrogen-bond acceptors (Lipinski definition) is 2. The van der Waals surface area contributed by atoms with Crippen LogP contribution in [0.15, 0.2) is 30.6 Å². The van der Waals surface area contributed by atoms with Gasteiger partial charge < -0.3 is 4.57 Å². The Morgan fingerprint density at radius 1 is 1.33 bits per heavy atom. The molecule has 1 heterocycles. The fourth-order valence-corrected chi connectivity index (χ4v) is 1.50. The molecule has 0 N–H and O–H groups in total. The molecule has 2 rings (SSSR count). The van der Waals surface area contributed by atoms with Crippen LogP contribution in [0, 0.1) is 5.82 Å². The molecule has 0 fully saturated rings. The zero-order chi connectivity index (χ0) is 10.7. The summed E-state index contributed by atoms with van der Waals surface area (Å²) in [6.45, 7) is 0.576. The molecule has 0 saturated carbocycles. The lowest BCUT2D eigenvalue weighted by atomic mass is 10.1. The molecule has 0 saturated heterocycles. The SMILES string of the molecule is Fc1ccccc1CCn1cnnc1Cl. The van der Waals surface area contributed by atoms with Gasteiger partial charge in [0.1, 0.15) is 12.1 Å². The second-order valence-corrected chi connectivity index (χ2v) is 3.47. The second-order valence-electron chi connectivity index (χ2n) is 3.13. The van der Waals surface area contributed by atoms with Crippen LogP contribution in [0.25, 0.3) is 0 Å². The number of benzene rings is 1.